The van der Waals surface area contributed by atoms with Gasteiger partial charge in [-0.2, -0.15) is 0 Å². The maximum absolute atomic E-state index is 12.7. The second kappa shape index (κ2) is 7.93. The number of benzene rings is 1. The van der Waals surface area contributed by atoms with Crippen LogP contribution < -0.4 is 16.2 Å². The number of aryl methyl sites for hydroxylation is 2. The third-order valence-corrected chi connectivity index (χ3v) is 5.44. The fourth-order valence-corrected chi connectivity index (χ4v) is 3.91. The summed E-state index contributed by atoms with van der Waals surface area (Å²) in [5.41, 5.74) is 1.95. The van der Waals surface area contributed by atoms with Crippen molar-refractivity contribution in [2.24, 2.45) is 7.05 Å². The van der Waals surface area contributed by atoms with Gasteiger partial charge in [-0.25, -0.2) is 4.98 Å². The molecule has 3 rings (SSSR count). The Labute approximate surface area is 166 Å². The molecule has 2 N–H and O–H groups in total. The number of carbonyl (C=O) groups excluding carboxylic acids is 2. The van der Waals surface area contributed by atoms with Crippen LogP contribution in [0.15, 0.2) is 35.4 Å². The Morgan fingerprint density at radius 1 is 1.21 bits per heavy atom. The number of nitrogens with zero attached hydrogens (tertiary/aromatic N) is 2. The van der Waals surface area contributed by atoms with Crippen LogP contribution >= 0.6 is 11.3 Å². The first kappa shape index (κ1) is 19.8. The van der Waals surface area contributed by atoms with Gasteiger partial charge in [0.15, 0.2) is 0 Å². The van der Waals surface area contributed by atoms with Gasteiger partial charge in [-0.05, 0) is 44.0 Å². The van der Waals surface area contributed by atoms with E-state index in [1.165, 1.54) is 22.2 Å². The molecule has 2 aromatic heterocycles. The predicted molar refractivity (Wildman–Crippen MR) is 111 cm³/mol. The largest absolute Gasteiger partial charge is 0.354 e. The predicted octanol–water partition coefficient (Wildman–Crippen LogP) is 2.62. The molecule has 0 saturated carbocycles. The lowest BCUT2D eigenvalue weighted by molar-refractivity contribution is -0.120. The van der Waals surface area contributed by atoms with Crippen LogP contribution in [0.1, 0.15) is 34.6 Å². The zero-order valence-electron chi connectivity index (χ0n) is 16.2. The Bertz CT molecular complexity index is 1100. The molecule has 2 heterocycles. The van der Waals surface area contributed by atoms with Gasteiger partial charge in [-0.3, -0.25) is 14.4 Å². The van der Waals surface area contributed by atoms with Gasteiger partial charge in [0.25, 0.3) is 11.5 Å². The van der Waals surface area contributed by atoms with E-state index in [0.717, 1.165) is 5.56 Å². The van der Waals surface area contributed by atoms with Crippen molar-refractivity contribution < 1.29 is 9.59 Å². The quantitative estimate of drug-likeness (QED) is 0.691. The van der Waals surface area contributed by atoms with Crippen LogP contribution in [-0.4, -0.2) is 27.4 Å². The van der Waals surface area contributed by atoms with E-state index in [0.29, 0.717) is 26.3 Å². The number of amides is 2. The molecule has 0 bridgehead atoms. The highest BCUT2D eigenvalue weighted by molar-refractivity contribution is 7.20. The van der Waals surface area contributed by atoms with Crippen LogP contribution in [0.3, 0.4) is 0 Å². The minimum Gasteiger partial charge on any atom is -0.354 e. The van der Waals surface area contributed by atoms with Crippen LogP contribution in [0.5, 0.6) is 0 Å². The Morgan fingerprint density at radius 2 is 1.89 bits per heavy atom. The first-order chi connectivity index (χ1) is 13.3. The molecular weight excluding hydrogens is 376 g/mol. The van der Waals surface area contributed by atoms with Crippen molar-refractivity contribution in [3.8, 4) is 0 Å². The maximum Gasteiger partial charge on any atom is 0.266 e. The zero-order valence-corrected chi connectivity index (χ0v) is 17.0. The molecule has 0 atom stereocenters. The summed E-state index contributed by atoms with van der Waals surface area (Å²) in [5, 5.41) is 6.17. The molecule has 0 spiro atoms. The minimum atomic E-state index is -0.284. The van der Waals surface area contributed by atoms with Crippen LogP contribution in [0.2, 0.25) is 0 Å². The van der Waals surface area contributed by atoms with E-state index in [4.69, 9.17) is 0 Å². The zero-order chi connectivity index (χ0) is 20.4. The van der Waals surface area contributed by atoms with Gasteiger partial charge in [-0.15, -0.1) is 11.3 Å². The lowest BCUT2D eigenvalue weighted by Gasteiger charge is -2.09. The van der Waals surface area contributed by atoms with E-state index in [9.17, 15) is 14.4 Å². The van der Waals surface area contributed by atoms with E-state index in [1.807, 2.05) is 26.0 Å². The van der Waals surface area contributed by atoms with Crippen LogP contribution in [0, 0.1) is 6.92 Å². The van der Waals surface area contributed by atoms with Crippen molar-refractivity contribution in [1.82, 2.24) is 14.9 Å². The summed E-state index contributed by atoms with van der Waals surface area (Å²) in [7, 11) is 1.63. The van der Waals surface area contributed by atoms with Crippen molar-refractivity contribution in [1.29, 1.82) is 0 Å². The lowest BCUT2D eigenvalue weighted by Crippen LogP contribution is -2.31. The smallest absolute Gasteiger partial charge is 0.266 e. The fraction of sp³-hybridized carbons (Fsp3) is 0.300. The molecule has 146 valence electrons. The van der Waals surface area contributed by atoms with Gasteiger partial charge < -0.3 is 15.2 Å². The highest BCUT2D eigenvalue weighted by Crippen LogP contribution is 2.27. The molecule has 0 saturated heterocycles. The highest BCUT2D eigenvalue weighted by Gasteiger charge is 2.19. The second-order valence-corrected chi connectivity index (χ2v) is 7.95. The minimum absolute atomic E-state index is 0.0400. The molecule has 0 radical (unpaired) electrons. The standard InChI is InChI=1S/C20H22N4O3S/c1-11(2)22-15(25)9-13-5-7-14(8-6-13)23-18(26)17-12(3)16-19(28-17)21-10-24(4)20(16)27/h5-8,10-11H,9H2,1-4H3,(H,22,25)(H,23,26). The number of fused-ring (bicyclic) bond motifs is 1. The molecule has 0 aliphatic carbocycles. The Kier molecular flexibility index (Phi) is 5.60. The summed E-state index contributed by atoms with van der Waals surface area (Å²) in [6.45, 7) is 5.59. The molecule has 8 heteroatoms. The van der Waals surface area contributed by atoms with Crippen molar-refractivity contribution in [3.63, 3.8) is 0 Å². The van der Waals surface area contributed by atoms with Crippen LogP contribution in [0.25, 0.3) is 10.2 Å². The van der Waals surface area contributed by atoms with Crippen molar-refractivity contribution in [3.05, 3.63) is 57.0 Å². The summed E-state index contributed by atoms with van der Waals surface area (Å²) in [5.74, 6) is -0.324. The van der Waals surface area contributed by atoms with E-state index < -0.39 is 0 Å². The van der Waals surface area contributed by atoms with Crippen LogP contribution in [-0.2, 0) is 18.3 Å². The summed E-state index contributed by atoms with van der Waals surface area (Å²) < 4.78 is 1.40. The average molecular weight is 398 g/mol. The molecule has 2 amide bonds. The SMILES string of the molecule is Cc1c(C(=O)Nc2ccc(CC(=O)NC(C)C)cc2)sc2ncn(C)c(=O)c12. The van der Waals surface area contributed by atoms with Gasteiger partial charge in [0.05, 0.1) is 23.0 Å². The van der Waals surface area contributed by atoms with Gasteiger partial charge in [0.1, 0.15) is 4.83 Å². The van der Waals surface area contributed by atoms with E-state index in [2.05, 4.69) is 15.6 Å². The number of rotatable bonds is 5. The normalized spacial score (nSPS) is 11.0. The number of hydrogen-bond acceptors (Lipinski definition) is 5. The van der Waals surface area contributed by atoms with E-state index >= 15 is 0 Å². The third-order valence-electron chi connectivity index (χ3n) is 4.24. The third kappa shape index (κ3) is 4.12. The lowest BCUT2D eigenvalue weighted by atomic mass is 10.1. The van der Waals surface area contributed by atoms with Crippen LogP contribution in [0.4, 0.5) is 5.69 Å². The Balaban J connectivity index is 1.76. The topological polar surface area (TPSA) is 93.1 Å². The number of thiophene rings is 1. The van der Waals surface area contributed by atoms with E-state index in [1.54, 1.807) is 26.1 Å². The van der Waals surface area contributed by atoms with Gasteiger partial charge >= 0.3 is 0 Å². The molecular formula is C20H22N4O3S. The number of carbonyl (C=O) groups is 2. The second-order valence-electron chi connectivity index (χ2n) is 6.95. The molecule has 28 heavy (non-hydrogen) atoms. The summed E-state index contributed by atoms with van der Waals surface area (Å²) in [4.78, 5) is 42.1. The number of aromatic nitrogens is 2. The molecule has 0 fully saturated rings. The van der Waals surface area contributed by atoms with Gasteiger partial charge in [0.2, 0.25) is 5.91 Å². The molecule has 0 unspecified atom stereocenters. The fourth-order valence-electron chi connectivity index (χ4n) is 2.88. The van der Waals surface area contributed by atoms with E-state index in [-0.39, 0.29) is 29.8 Å². The molecule has 3 aromatic rings. The van der Waals surface area contributed by atoms with Gasteiger partial charge in [0, 0.05) is 18.8 Å². The maximum atomic E-state index is 12.7. The number of nitrogens with one attached hydrogen (secondary N) is 2. The van der Waals surface area contributed by atoms with Gasteiger partial charge in [-0.1, -0.05) is 12.1 Å². The average Bonchev–Trinajstić information content (AvgIpc) is 2.96. The number of anilines is 1. The van der Waals surface area contributed by atoms with Crippen molar-refractivity contribution >= 4 is 39.1 Å². The van der Waals surface area contributed by atoms with Crippen molar-refractivity contribution in [2.45, 2.75) is 33.2 Å². The monoisotopic (exact) mass is 398 g/mol. The first-order valence-electron chi connectivity index (χ1n) is 8.90. The first-order valence-corrected chi connectivity index (χ1v) is 9.72. The molecule has 7 nitrogen and oxygen atoms in total. The Morgan fingerprint density at radius 3 is 2.54 bits per heavy atom. The molecule has 1 aromatic carbocycles. The summed E-state index contributed by atoms with van der Waals surface area (Å²) in [6, 6.07) is 7.24. The summed E-state index contributed by atoms with van der Waals surface area (Å²) >= 11 is 1.20. The Hall–Kier alpha value is -3.00. The summed E-state index contributed by atoms with van der Waals surface area (Å²) in [6.07, 6.45) is 1.74. The molecule has 0 aliphatic heterocycles. The number of hydrogen-bond donors (Lipinski definition) is 2. The van der Waals surface area contributed by atoms with Crippen molar-refractivity contribution in [2.75, 3.05) is 5.32 Å². The highest BCUT2D eigenvalue weighted by atomic mass is 32.1. The molecule has 0 aliphatic rings.